The molecule has 92 valence electrons. The first-order chi connectivity index (χ1) is 8.13. The van der Waals surface area contributed by atoms with Crippen LogP contribution in [0.25, 0.3) is 0 Å². The molecule has 1 rings (SSSR count). The average molecular weight is 256 g/mol. The summed E-state index contributed by atoms with van der Waals surface area (Å²) in [6.45, 7) is 1.33. The Morgan fingerprint density at radius 3 is 2.82 bits per heavy atom. The molecule has 0 aliphatic rings. The molecule has 0 fully saturated rings. The predicted octanol–water partition coefficient (Wildman–Crippen LogP) is 2.36. The van der Waals surface area contributed by atoms with Gasteiger partial charge in [-0.05, 0) is 32.3 Å². The number of hydrogen-bond acceptors (Lipinski definition) is 2. The second kappa shape index (κ2) is 7.16. The largest absolute Gasteiger partial charge is 0.491 e. The quantitative estimate of drug-likeness (QED) is 0.605. The number of benzene rings is 1. The smallest absolute Gasteiger partial charge is 0.135 e. The molecular formula is C13H15ClFNO. The van der Waals surface area contributed by atoms with Crippen LogP contribution < -0.4 is 4.74 Å². The molecule has 4 heteroatoms. The summed E-state index contributed by atoms with van der Waals surface area (Å²) in [5, 5.41) is 0. The summed E-state index contributed by atoms with van der Waals surface area (Å²) in [4.78, 5) is 2.01. The van der Waals surface area contributed by atoms with Crippen molar-refractivity contribution in [3.8, 4) is 17.6 Å². The Kier molecular flexibility index (Phi) is 5.82. The van der Waals surface area contributed by atoms with Crippen LogP contribution in [0.3, 0.4) is 0 Å². The van der Waals surface area contributed by atoms with E-state index in [1.165, 1.54) is 12.1 Å². The molecule has 1 aromatic rings. The van der Waals surface area contributed by atoms with Gasteiger partial charge in [-0.15, -0.1) is 11.6 Å². The molecule has 0 radical (unpaired) electrons. The minimum atomic E-state index is -0.330. The Hall–Kier alpha value is -1.24. The fourth-order valence-electron chi connectivity index (χ4n) is 1.19. The Morgan fingerprint density at radius 1 is 1.41 bits per heavy atom. The van der Waals surface area contributed by atoms with Crippen LogP contribution in [0.15, 0.2) is 18.2 Å². The maximum absolute atomic E-state index is 13.1. The highest BCUT2D eigenvalue weighted by Gasteiger charge is 2.03. The summed E-state index contributed by atoms with van der Waals surface area (Å²) in [5.41, 5.74) is 0.532. The van der Waals surface area contributed by atoms with Crippen molar-refractivity contribution in [2.75, 3.05) is 33.1 Å². The summed E-state index contributed by atoms with van der Waals surface area (Å²) in [6, 6.07) is 4.30. The van der Waals surface area contributed by atoms with Gasteiger partial charge in [-0.25, -0.2) is 4.39 Å². The molecule has 2 nitrogen and oxygen atoms in total. The molecule has 0 spiro atoms. The zero-order valence-corrected chi connectivity index (χ0v) is 10.7. The number of likely N-dealkylation sites (N-methyl/N-ethyl adjacent to an activating group) is 1. The van der Waals surface area contributed by atoms with E-state index in [0.717, 1.165) is 6.54 Å². The summed E-state index contributed by atoms with van der Waals surface area (Å²) < 4.78 is 18.6. The van der Waals surface area contributed by atoms with Gasteiger partial charge in [0.15, 0.2) is 0 Å². The van der Waals surface area contributed by atoms with Gasteiger partial charge in [0, 0.05) is 6.54 Å². The van der Waals surface area contributed by atoms with Crippen molar-refractivity contribution in [1.82, 2.24) is 4.90 Å². The third kappa shape index (κ3) is 5.08. The maximum Gasteiger partial charge on any atom is 0.135 e. The minimum Gasteiger partial charge on any atom is -0.491 e. The van der Waals surface area contributed by atoms with Crippen LogP contribution >= 0.6 is 11.6 Å². The number of rotatable bonds is 4. The van der Waals surface area contributed by atoms with Gasteiger partial charge in [0.2, 0.25) is 0 Å². The minimum absolute atomic E-state index is 0.216. The van der Waals surface area contributed by atoms with Crippen molar-refractivity contribution in [1.29, 1.82) is 0 Å². The van der Waals surface area contributed by atoms with E-state index < -0.39 is 0 Å². The van der Waals surface area contributed by atoms with Crippen molar-refractivity contribution in [3.63, 3.8) is 0 Å². The highest BCUT2D eigenvalue weighted by Crippen LogP contribution is 2.18. The summed E-state index contributed by atoms with van der Waals surface area (Å²) in [6.07, 6.45) is 0. The third-order valence-corrected chi connectivity index (χ3v) is 2.16. The van der Waals surface area contributed by atoms with E-state index in [4.69, 9.17) is 16.3 Å². The van der Waals surface area contributed by atoms with E-state index >= 15 is 0 Å². The van der Waals surface area contributed by atoms with E-state index in [2.05, 4.69) is 11.8 Å². The predicted molar refractivity (Wildman–Crippen MR) is 68.0 cm³/mol. The van der Waals surface area contributed by atoms with Crippen molar-refractivity contribution in [2.45, 2.75) is 0 Å². The van der Waals surface area contributed by atoms with Crippen LogP contribution in [0.5, 0.6) is 5.75 Å². The molecule has 0 bridgehead atoms. The first-order valence-electron chi connectivity index (χ1n) is 5.25. The monoisotopic (exact) mass is 255 g/mol. The number of nitrogens with zero attached hydrogens (tertiary/aromatic N) is 1. The third-order valence-electron chi connectivity index (χ3n) is 2.03. The van der Waals surface area contributed by atoms with Crippen molar-refractivity contribution in [3.05, 3.63) is 29.6 Å². The van der Waals surface area contributed by atoms with Gasteiger partial charge in [0.1, 0.15) is 18.2 Å². The van der Waals surface area contributed by atoms with Gasteiger partial charge in [0.05, 0.1) is 11.4 Å². The number of halogens is 2. The van der Waals surface area contributed by atoms with Gasteiger partial charge in [0.25, 0.3) is 0 Å². The molecule has 0 heterocycles. The van der Waals surface area contributed by atoms with Crippen molar-refractivity contribution in [2.24, 2.45) is 0 Å². The first-order valence-corrected chi connectivity index (χ1v) is 5.79. The Bertz CT molecular complexity index is 423. The van der Waals surface area contributed by atoms with Crippen LogP contribution in [0, 0.1) is 17.7 Å². The highest BCUT2D eigenvalue weighted by molar-refractivity contribution is 6.19. The second-order valence-electron chi connectivity index (χ2n) is 3.73. The standard InChI is InChI=1S/C13H15ClFNO/c1-16(2)8-9-17-13-6-5-12(15)10-11(13)4-3-7-14/h5-6,10H,7-9H2,1-2H3. The van der Waals surface area contributed by atoms with Gasteiger partial charge < -0.3 is 9.64 Å². The lowest BCUT2D eigenvalue weighted by Gasteiger charge is -2.12. The Balaban J connectivity index is 2.76. The highest BCUT2D eigenvalue weighted by atomic mass is 35.5. The Labute approximate surface area is 106 Å². The van der Waals surface area contributed by atoms with E-state index in [1.54, 1.807) is 6.07 Å². The molecule has 0 saturated heterocycles. The van der Waals surface area contributed by atoms with Gasteiger partial charge in [-0.3, -0.25) is 0 Å². The molecule has 0 amide bonds. The lowest BCUT2D eigenvalue weighted by atomic mass is 10.2. The molecule has 0 N–H and O–H groups in total. The van der Waals surface area contributed by atoms with Crippen LogP contribution in [-0.4, -0.2) is 38.0 Å². The number of ether oxygens (including phenoxy) is 1. The number of hydrogen-bond donors (Lipinski definition) is 0. The lowest BCUT2D eigenvalue weighted by Crippen LogP contribution is -2.19. The first kappa shape index (κ1) is 13.8. The molecule has 0 saturated carbocycles. The van der Waals surface area contributed by atoms with Crippen LogP contribution in [0.1, 0.15) is 5.56 Å². The molecule has 0 unspecified atom stereocenters. The van der Waals surface area contributed by atoms with Crippen LogP contribution in [0.2, 0.25) is 0 Å². The summed E-state index contributed by atoms with van der Waals surface area (Å²) >= 11 is 5.47. The SMILES string of the molecule is CN(C)CCOc1ccc(F)cc1C#CCCl. The maximum atomic E-state index is 13.1. The molecule has 0 aromatic heterocycles. The van der Waals surface area contributed by atoms with Crippen molar-refractivity contribution < 1.29 is 9.13 Å². The fourth-order valence-corrected chi connectivity index (χ4v) is 1.26. The van der Waals surface area contributed by atoms with Gasteiger partial charge in [-0.1, -0.05) is 11.8 Å². The molecule has 17 heavy (non-hydrogen) atoms. The molecular weight excluding hydrogens is 241 g/mol. The van der Waals surface area contributed by atoms with E-state index in [9.17, 15) is 4.39 Å². The lowest BCUT2D eigenvalue weighted by molar-refractivity contribution is 0.260. The molecule has 0 aliphatic heterocycles. The zero-order valence-electron chi connectivity index (χ0n) is 9.96. The normalized spacial score (nSPS) is 9.94. The summed E-state index contributed by atoms with van der Waals surface area (Å²) in [5.74, 6) is 5.95. The zero-order chi connectivity index (χ0) is 12.7. The van der Waals surface area contributed by atoms with E-state index in [0.29, 0.717) is 17.9 Å². The Morgan fingerprint density at radius 2 is 2.18 bits per heavy atom. The fraction of sp³-hybridized carbons (Fsp3) is 0.385. The topological polar surface area (TPSA) is 12.5 Å². The second-order valence-corrected chi connectivity index (χ2v) is 3.99. The van der Waals surface area contributed by atoms with Gasteiger partial charge >= 0.3 is 0 Å². The van der Waals surface area contributed by atoms with Crippen LogP contribution in [-0.2, 0) is 0 Å². The molecule has 0 atom stereocenters. The molecule has 0 aliphatic carbocycles. The van der Waals surface area contributed by atoms with Gasteiger partial charge in [-0.2, -0.15) is 0 Å². The van der Waals surface area contributed by atoms with Crippen LogP contribution in [0.4, 0.5) is 4.39 Å². The summed E-state index contributed by atoms with van der Waals surface area (Å²) in [7, 11) is 3.92. The van der Waals surface area contributed by atoms with E-state index in [1.807, 2.05) is 19.0 Å². The van der Waals surface area contributed by atoms with Crippen molar-refractivity contribution >= 4 is 11.6 Å². The number of alkyl halides is 1. The molecule has 1 aromatic carbocycles. The average Bonchev–Trinajstić information content (AvgIpc) is 2.28. The van der Waals surface area contributed by atoms with E-state index in [-0.39, 0.29) is 11.7 Å².